The van der Waals surface area contributed by atoms with Crippen molar-refractivity contribution in [2.24, 2.45) is 0 Å². The van der Waals surface area contributed by atoms with E-state index in [2.05, 4.69) is 12.1 Å². The molecule has 0 radical (unpaired) electrons. The van der Waals surface area contributed by atoms with Gasteiger partial charge in [-0.2, -0.15) is 0 Å². The molecule has 0 aromatic heterocycles. The Morgan fingerprint density at radius 2 is 2.00 bits per heavy atom. The van der Waals surface area contributed by atoms with E-state index in [1.807, 2.05) is 35.3 Å². The molecule has 0 fully saturated rings. The molecule has 1 aliphatic carbocycles. The molecule has 1 aliphatic heterocycles. The molecule has 2 nitrogen and oxygen atoms in total. The Labute approximate surface area is 140 Å². The first-order valence-electron chi connectivity index (χ1n) is 7.44. The van der Waals surface area contributed by atoms with Crippen molar-refractivity contribution in [1.29, 1.82) is 0 Å². The number of allylic oxidation sites excluding steroid dienone is 5. The van der Waals surface area contributed by atoms with Crippen molar-refractivity contribution in [3.05, 3.63) is 64.4 Å². The second-order valence-electron chi connectivity index (χ2n) is 5.41. The minimum absolute atomic E-state index is 0.0681. The van der Waals surface area contributed by atoms with Gasteiger partial charge in [-0.05, 0) is 42.5 Å². The number of hydrogen-bond donors (Lipinski definition) is 0. The molecule has 1 aromatic rings. The zero-order valence-corrected chi connectivity index (χ0v) is 13.7. The second kappa shape index (κ2) is 6.72. The standard InChI is InChI=1S/C18H17Cl2NO/c19-11-3-6-18(22)21-16-5-2-1-4-13(16)7-8-14-9-10-15(20)12-17(14)21/h1-2,4-5,8,10,12H,3,6-7,9,11H2. The maximum absolute atomic E-state index is 12.8. The Bertz CT molecular complexity index is 688. The van der Waals surface area contributed by atoms with Gasteiger partial charge in [0.1, 0.15) is 0 Å². The summed E-state index contributed by atoms with van der Waals surface area (Å²) in [5.74, 6) is 0.558. The van der Waals surface area contributed by atoms with Gasteiger partial charge >= 0.3 is 0 Å². The van der Waals surface area contributed by atoms with Gasteiger partial charge in [0.05, 0.1) is 11.4 Å². The third-order valence-electron chi connectivity index (χ3n) is 3.94. The normalized spacial score (nSPS) is 16.8. The Morgan fingerprint density at radius 1 is 1.18 bits per heavy atom. The minimum atomic E-state index is 0.0681. The summed E-state index contributed by atoms with van der Waals surface area (Å²) in [6, 6.07) is 8.04. The van der Waals surface area contributed by atoms with Gasteiger partial charge < -0.3 is 0 Å². The number of para-hydroxylation sites is 1. The van der Waals surface area contributed by atoms with Crippen LogP contribution >= 0.6 is 23.2 Å². The van der Waals surface area contributed by atoms with E-state index in [1.54, 1.807) is 0 Å². The average Bonchev–Trinajstić information content (AvgIpc) is 2.69. The summed E-state index contributed by atoms with van der Waals surface area (Å²) >= 11 is 11.9. The smallest absolute Gasteiger partial charge is 0.231 e. The predicted molar refractivity (Wildman–Crippen MR) is 92.3 cm³/mol. The van der Waals surface area contributed by atoms with Crippen LogP contribution in [0.15, 0.2) is 58.8 Å². The van der Waals surface area contributed by atoms with E-state index in [4.69, 9.17) is 23.2 Å². The molecule has 0 N–H and O–H groups in total. The molecular weight excluding hydrogens is 317 g/mol. The number of carbonyl (C=O) groups is 1. The fourth-order valence-corrected chi connectivity index (χ4v) is 3.17. The lowest BCUT2D eigenvalue weighted by Crippen LogP contribution is -2.31. The molecule has 1 amide bonds. The number of alkyl halides is 1. The fourth-order valence-electron chi connectivity index (χ4n) is 2.85. The van der Waals surface area contributed by atoms with Gasteiger partial charge in [-0.3, -0.25) is 9.69 Å². The molecule has 114 valence electrons. The van der Waals surface area contributed by atoms with Crippen LogP contribution in [-0.2, 0) is 11.2 Å². The Kier molecular flexibility index (Phi) is 4.70. The van der Waals surface area contributed by atoms with Gasteiger partial charge in [-0.25, -0.2) is 0 Å². The minimum Gasteiger partial charge on any atom is -0.280 e. The third-order valence-corrected chi connectivity index (χ3v) is 4.47. The van der Waals surface area contributed by atoms with E-state index in [1.165, 1.54) is 0 Å². The number of carbonyl (C=O) groups excluding carboxylic acids is 1. The molecule has 3 rings (SSSR count). The summed E-state index contributed by atoms with van der Waals surface area (Å²) in [4.78, 5) is 14.6. The lowest BCUT2D eigenvalue weighted by atomic mass is 10.0. The van der Waals surface area contributed by atoms with Gasteiger partial charge in [0, 0.05) is 17.3 Å². The van der Waals surface area contributed by atoms with Gasteiger partial charge in [0.2, 0.25) is 5.91 Å². The first-order valence-corrected chi connectivity index (χ1v) is 8.35. The Morgan fingerprint density at radius 3 is 2.82 bits per heavy atom. The summed E-state index contributed by atoms with van der Waals surface area (Å²) in [5, 5.41) is 0.682. The van der Waals surface area contributed by atoms with E-state index in [0.717, 1.165) is 35.4 Å². The molecule has 4 heteroatoms. The topological polar surface area (TPSA) is 20.3 Å². The van der Waals surface area contributed by atoms with Crippen LogP contribution in [-0.4, -0.2) is 11.8 Å². The quantitative estimate of drug-likeness (QED) is 0.718. The van der Waals surface area contributed by atoms with E-state index >= 15 is 0 Å². The number of halogens is 2. The fraction of sp³-hybridized carbons (Fsp3) is 0.278. The highest BCUT2D eigenvalue weighted by atomic mass is 35.5. The van der Waals surface area contributed by atoms with E-state index in [0.29, 0.717) is 23.8 Å². The maximum Gasteiger partial charge on any atom is 0.231 e. The molecule has 0 bridgehead atoms. The summed E-state index contributed by atoms with van der Waals surface area (Å²) < 4.78 is 0. The SMILES string of the molecule is O=C(CCCCl)N1C2=CC(Cl)=CCC2=CCc2ccccc21. The molecule has 0 atom stereocenters. The molecule has 0 unspecified atom stereocenters. The molecule has 0 saturated heterocycles. The van der Waals surface area contributed by atoms with E-state index in [9.17, 15) is 4.79 Å². The number of rotatable bonds is 3. The lowest BCUT2D eigenvalue weighted by molar-refractivity contribution is -0.118. The molecule has 0 saturated carbocycles. The first-order chi connectivity index (χ1) is 10.7. The number of anilines is 1. The predicted octanol–water partition coefficient (Wildman–Crippen LogP) is 4.93. The number of nitrogens with zero attached hydrogens (tertiary/aromatic N) is 1. The molecule has 1 heterocycles. The van der Waals surface area contributed by atoms with Crippen LogP contribution in [0.3, 0.4) is 0 Å². The highest BCUT2D eigenvalue weighted by Crippen LogP contribution is 2.37. The molecular formula is C18H17Cl2NO. The number of fused-ring (bicyclic) bond motifs is 2. The third kappa shape index (κ3) is 2.99. The van der Waals surface area contributed by atoms with Crippen molar-refractivity contribution in [3.63, 3.8) is 0 Å². The highest BCUT2D eigenvalue weighted by Gasteiger charge is 2.27. The van der Waals surface area contributed by atoms with Crippen LogP contribution in [0.5, 0.6) is 0 Å². The molecule has 0 spiro atoms. The molecule has 1 aromatic carbocycles. The van der Waals surface area contributed by atoms with Crippen LogP contribution in [0, 0.1) is 0 Å². The Balaban J connectivity index is 2.08. The van der Waals surface area contributed by atoms with Crippen LogP contribution in [0.1, 0.15) is 24.8 Å². The van der Waals surface area contributed by atoms with Crippen LogP contribution in [0.2, 0.25) is 0 Å². The summed E-state index contributed by atoms with van der Waals surface area (Å²) in [5.41, 5.74) is 4.16. The van der Waals surface area contributed by atoms with Crippen LogP contribution in [0.25, 0.3) is 0 Å². The van der Waals surface area contributed by atoms with E-state index in [-0.39, 0.29) is 5.91 Å². The van der Waals surface area contributed by atoms with Crippen molar-refractivity contribution in [2.45, 2.75) is 25.7 Å². The van der Waals surface area contributed by atoms with Crippen molar-refractivity contribution >= 4 is 34.8 Å². The van der Waals surface area contributed by atoms with Crippen LogP contribution in [0.4, 0.5) is 5.69 Å². The summed E-state index contributed by atoms with van der Waals surface area (Å²) in [7, 11) is 0. The number of amides is 1. The highest BCUT2D eigenvalue weighted by molar-refractivity contribution is 6.31. The molecule has 22 heavy (non-hydrogen) atoms. The maximum atomic E-state index is 12.8. The largest absolute Gasteiger partial charge is 0.280 e. The van der Waals surface area contributed by atoms with Crippen molar-refractivity contribution in [2.75, 3.05) is 10.8 Å². The van der Waals surface area contributed by atoms with Crippen molar-refractivity contribution in [1.82, 2.24) is 0 Å². The van der Waals surface area contributed by atoms with Gasteiger partial charge in [-0.15, -0.1) is 11.6 Å². The van der Waals surface area contributed by atoms with Crippen molar-refractivity contribution < 1.29 is 4.79 Å². The zero-order chi connectivity index (χ0) is 15.5. The van der Waals surface area contributed by atoms with Crippen molar-refractivity contribution in [3.8, 4) is 0 Å². The first kappa shape index (κ1) is 15.4. The average molecular weight is 334 g/mol. The monoisotopic (exact) mass is 333 g/mol. The van der Waals surface area contributed by atoms with E-state index < -0.39 is 0 Å². The summed E-state index contributed by atoms with van der Waals surface area (Å²) in [6.45, 7) is 0. The second-order valence-corrected chi connectivity index (χ2v) is 6.22. The van der Waals surface area contributed by atoms with Gasteiger partial charge in [0.15, 0.2) is 0 Å². The zero-order valence-electron chi connectivity index (χ0n) is 12.2. The molecule has 2 aliphatic rings. The Hall–Kier alpha value is -1.51. The van der Waals surface area contributed by atoms with Gasteiger partial charge in [0.25, 0.3) is 0 Å². The summed E-state index contributed by atoms with van der Waals surface area (Å²) in [6.07, 6.45) is 8.76. The number of hydrogen-bond acceptors (Lipinski definition) is 1. The lowest BCUT2D eigenvalue weighted by Gasteiger charge is -2.28. The van der Waals surface area contributed by atoms with Gasteiger partial charge in [-0.1, -0.05) is 42.0 Å². The van der Waals surface area contributed by atoms with Crippen LogP contribution < -0.4 is 4.90 Å². The number of benzene rings is 1.